The topological polar surface area (TPSA) is 63.6 Å². The van der Waals surface area contributed by atoms with Crippen molar-refractivity contribution in [3.8, 4) is 11.1 Å². The molecule has 0 radical (unpaired) electrons. The Labute approximate surface area is 189 Å². The summed E-state index contributed by atoms with van der Waals surface area (Å²) in [5.74, 6) is 0.626. The molecule has 2 saturated heterocycles. The summed E-state index contributed by atoms with van der Waals surface area (Å²) in [6.45, 7) is 3.66. The number of ether oxygens (including phenoxy) is 1. The quantitative estimate of drug-likeness (QED) is 0.792. The lowest BCUT2D eigenvalue weighted by Gasteiger charge is -2.46. The van der Waals surface area contributed by atoms with Gasteiger partial charge >= 0.3 is 0 Å². The largest absolute Gasteiger partial charge is 0.368 e. The Morgan fingerprint density at radius 3 is 2.52 bits per heavy atom. The average Bonchev–Trinajstić information content (AvgIpc) is 2.80. The maximum atomic E-state index is 13.5. The number of rotatable bonds is 3. The molecule has 1 amide bonds. The predicted molar refractivity (Wildman–Crippen MR) is 123 cm³/mol. The minimum absolute atomic E-state index is 0. The molecule has 0 aliphatic carbocycles. The molecule has 3 aliphatic heterocycles. The third-order valence-electron chi connectivity index (χ3n) is 7.14. The smallest absolute Gasteiger partial charge is 0.254 e. The maximum absolute atomic E-state index is 13.5. The van der Waals surface area contributed by atoms with Gasteiger partial charge in [0.05, 0.1) is 0 Å². The van der Waals surface area contributed by atoms with Gasteiger partial charge in [-0.1, -0.05) is 30.3 Å². The number of hydrogen-bond donors (Lipinski definition) is 1. The molecule has 4 heterocycles. The Morgan fingerprint density at radius 2 is 1.81 bits per heavy atom. The highest BCUT2D eigenvalue weighted by Gasteiger charge is 2.45. The van der Waals surface area contributed by atoms with Crippen LogP contribution in [0.15, 0.2) is 47.3 Å². The number of hydrogen-bond acceptors (Lipinski definition) is 4. The van der Waals surface area contributed by atoms with E-state index in [0.717, 1.165) is 36.3 Å². The first-order chi connectivity index (χ1) is 14.6. The number of benzene rings is 1. The molecule has 2 atom stereocenters. The van der Waals surface area contributed by atoms with E-state index in [9.17, 15) is 9.59 Å². The van der Waals surface area contributed by atoms with Gasteiger partial charge in [-0.05, 0) is 55.5 Å². The fourth-order valence-corrected chi connectivity index (χ4v) is 5.55. The number of methoxy groups -OCH3 is 1. The molecule has 7 heteroatoms. The van der Waals surface area contributed by atoms with Gasteiger partial charge < -0.3 is 19.5 Å². The van der Waals surface area contributed by atoms with Gasteiger partial charge in [-0.2, -0.15) is 0 Å². The van der Waals surface area contributed by atoms with Crippen LogP contribution in [-0.4, -0.2) is 54.3 Å². The minimum Gasteiger partial charge on any atom is -0.368 e. The van der Waals surface area contributed by atoms with E-state index in [1.165, 1.54) is 0 Å². The van der Waals surface area contributed by atoms with Crippen LogP contribution in [-0.2, 0) is 16.1 Å². The van der Waals surface area contributed by atoms with Gasteiger partial charge in [-0.25, -0.2) is 0 Å². The lowest BCUT2D eigenvalue weighted by Crippen LogP contribution is -2.59. The normalized spacial score (nSPS) is 24.1. The summed E-state index contributed by atoms with van der Waals surface area (Å²) in [7, 11) is 1.66. The molecule has 31 heavy (non-hydrogen) atoms. The van der Waals surface area contributed by atoms with Gasteiger partial charge in [0.25, 0.3) is 11.5 Å². The minimum atomic E-state index is -0.706. The van der Waals surface area contributed by atoms with Crippen LogP contribution >= 0.6 is 12.4 Å². The van der Waals surface area contributed by atoms with Crippen molar-refractivity contribution in [3.05, 3.63) is 58.5 Å². The zero-order valence-corrected chi connectivity index (χ0v) is 18.7. The highest BCUT2D eigenvalue weighted by molar-refractivity contribution is 5.86. The number of carbonyl (C=O) groups excluding carboxylic acids is 1. The number of pyridine rings is 1. The van der Waals surface area contributed by atoms with Crippen LogP contribution in [0.2, 0.25) is 0 Å². The zero-order valence-electron chi connectivity index (χ0n) is 17.9. The molecule has 0 spiro atoms. The van der Waals surface area contributed by atoms with Gasteiger partial charge in [0.2, 0.25) is 0 Å². The second-order valence-corrected chi connectivity index (χ2v) is 8.94. The Bertz CT molecular complexity index is 1000. The van der Waals surface area contributed by atoms with Gasteiger partial charge in [0, 0.05) is 44.4 Å². The van der Waals surface area contributed by atoms with Crippen LogP contribution in [0.4, 0.5) is 0 Å². The van der Waals surface area contributed by atoms with E-state index in [2.05, 4.69) is 11.4 Å². The molecule has 166 valence electrons. The van der Waals surface area contributed by atoms with Crippen molar-refractivity contribution in [2.45, 2.75) is 37.3 Å². The second-order valence-electron chi connectivity index (χ2n) is 8.94. The van der Waals surface area contributed by atoms with Crippen molar-refractivity contribution >= 4 is 18.3 Å². The lowest BCUT2D eigenvalue weighted by atomic mass is 9.81. The van der Waals surface area contributed by atoms with E-state index in [-0.39, 0.29) is 29.8 Å². The summed E-state index contributed by atoms with van der Waals surface area (Å²) in [5.41, 5.74) is 2.43. The van der Waals surface area contributed by atoms with E-state index in [0.29, 0.717) is 38.4 Å². The van der Waals surface area contributed by atoms with Crippen molar-refractivity contribution in [2.75, 3.05) is 33.3 Å². The van der Waals surface area contributed by atoms with Crippen LogP contribution in [0.5, 0.6) is 0 Å². The van der Waals surface area contributed by atoms with Crippen LogP contribution < -0.4 is 10.9 Å². The Hall–Kier alpha value is -2.15. The molecule has 0 saturated carbocycles. The molecule has 1 aromatic carbocycles. The summed E-state index contributed by atoms with van der Waals surface area (Å²) in [6, 6.07) is 13.9. The molecule has 1 aromatic heterocycles. The fourth-order valence-electron chi connectivity index (χ4n) is 5.55. The van der Waals surface area contributed by atoms with Crippen molar-refractivity contribution in [1.82, 2.24) is 14.8 Å². The standard InChI is InChI=1S/C24H29N3O3.ClH/c1-30-24(7-9-25-10-8-24)23(29)26-14-17-11-20(16-26)21-12-19(13-22(28)27(21)15-17)18-5-3-2-4-6-18;/h2-6,12-13,17,20,25H,7-11,14-16H2,1H3;1H/t17-,20+;/m0./s1. The average molecular weight is 444 g/mol. The number of amides is 1. The van der Waals surface area contributed by atoms with E-state index in [1.807, 2.05) is 39.8 Å². The fraction of sp³-hybridized carbons (Fsp3) is 0.500. The van der Waals surface area contributed by atoms with Crippen LogP contribution in [0.3, 0.4) is 0 Å². The van der Waals surface area contributed by atoms with Gasteiger partial charge in [-0.3, -0.25) is 9.59 Å². The number of halogens is 1. The molecule has 3 aliphatic rings. The summed E-state index contributed by atoms with van der Waals surface area (Å²) >= 11 is 0. The van der Waals surface area contributed by atoms with Crippen LogP contribution in [0.25, 0.3) is 11.1 Å². The van der Waals surface area contributed by atoms with Crippen molar-refractivity contribution < 1.29 is 9.53 Å². The highest BCUT2D eigenvalue weighted by atomic mass is 35.5. The first-order valence-electron chi connectivity index (χ1n) is 10.9. The number of likely N-dealkylation sites (tertiary alicyclic amines) is 1. The van der Waals surface area contributed by atoms with Crippen LogP contribution in [0.1, 0.15) is 30.9 Å². The predicted octanol–water partition coefficient (Wildman–Crippen LogP) is 2.65. The second kappa shape index (κ2) is 8.77. The molecular formula is C24H30ClN3O3. The lowest BCUT2D eigenvalue weighted by molar-refractivity contribution is -0.161. The van der Waals surface area contributed by atoms with Gasteiger partial charge in [-0.15, -0.1) is 12.4 Å². The molecule has 6 nitrogen and oxygen atoms in total. The molecule has 2 bridgehead atoms. The third-order valence-corrected chi connectivity index (χ3v) is 7.14. The van der Waals surface area contributed by atoms with Crippen molar-refractivity contribution in [2.24, 2.45) is 5.92 Å². The zero-order chi connectivity index (χ0) is 20.7. The van der Waals surface area contributed by atoms with Crippen LogP contribution in [0, 0.1) is 5.92 Å². The monoisotopic (exact) mass is 443 g/mol. The SMILES string of the molecule is COC1(C(=O)N2C[C@@H]3C[C@H](C2)c2cc(-c4ccccc4)cc(=O)n2C3)CCNCC1.Cl. The molecule has 1 N–H and O–H groups in total. The van der Waals surface area contributed by atoms with Crippen molar-refractivity contribution in [1.29, 1.82) is 0 Å². The van der Waals surface area contributed by atoms with E-state index < -0.39 is 5.60 Å². The number of fused-ring (bicyclic) bond motifs is 4. The number of nitrogens with one attached hydrogen (secondary N) is 1. The molecule has 2 fully saturated rings. The number of carbonyl (C=O) groups is 1. The molecular weight excluding hydrogens is 414 g/mol. The maximum Gasteiger partial charge on any atom is 0.254 e. The highest BCUT2D eigenvalue weighted by Crippen LogP contribution is 2.38. The first kappa shape index (κ1) is 22.1. The molecule has 5 rings (SSSR count). The summed E-state index contributed by atoms with van der Waals surface area (Å²) in [6.07, 6.45) is 2.45. The Morgan fingerprint density at radius 1 is 1.06 bits per heavy atom. The summed E-state index contributed by atoms with van der Waals surface area (Å²) < 4.78 is 7.73. The first-order valence-corrected chi connectivity index (χ1v) is 10.9. The Balaban J connectivity index is 0.00000231. The summed E-state index contributed by atoms with van der Waals surface area (Å²) in [4.78, 5) is 28.4. The third kappa shape index (κ3) is 3.93. The molecule has 2 aromatic rings. The van der Waals surface area contributed by atoms with E-state index in [4.69, 9.17) is 4.74 Å². The van der Waals surface area contributed by atoms with E-state index in [1.54, 1.807) is 13.2 Å². The van der Waals surface area contributed by atoms with Crippen molar-refractivity contribution in [3.63, 3.8) is 0 Å². The number of nitrogens with zero attached hydrogens (tertiary/aromatic N) is 2. The van der Waals surface area contributed by atoms with Gasteiger partial charge in [0.15, 0.2) is 0 Å². The Kier molecular flexibility index (Phi) is 6.24. The van der Waals surface area contributed by atoms with E-state index >= 15 is 0 Å². The van der Waals surface area contributed by atoms with Gasteiger partial charge in [0.1, 0.15) is 5.60 Å². The number of aromatic nitrogens is 1. The molecule has 0 unspecified atom stereocenters. The number of piperidine rings is 2. The summed E-state index contributed by atoms with van der Waals surface area (Å²) in [5, 5.41) is 3.32.